The molecule has 0 aromatic carbocycles. The highest BCUT2D eigenvalue weighted by Gasteiger charge is 2.25. The van der Waals surface area contributed by atoms with E-state index in [-0.39, 0.29) is 12.0 Å². The molecule has 0 fully saturated rings. The molecule has 110 valence electrons. The van der Waals surface area contributed by atoms with Gasteiger partial charge in [0.15, 0.2) is 0 Å². The van der Waals surface area contributed by atoms with Crippen molar-refractivity contribution in [2.45, 2.75) is 39.2 Å². The lowest BCUT2D eigenvalue weighted by Crippen LogP contribution is -2.38. The summed E-state index contributed by atoms with van der Waals surface area (Å²) in [7, 11) is 0. The number of fused-ring (bicyclic) bond motifs is 1. The van der Waals surface area contributed by atoms with Crippen LogP contribution in [0, 0.1) is 0 Å². The molecule has 1 aliphatic heterocycles. The second-order valence-corrected chi connectivity index (χ2v) is 5.86. The Morgan fingerprint density at radius 2 is 1.85 bits per heavy atom. The Labute approximate surface area is 118 Å². The van der Waals surface area contributed by atoms with Crippen molar-refractivity contribution in [3.8, 4) is 0 Å². The second-order valence-electron chi connectivity index (χ2n) is 5.86. The number of rotatable bonds is 0. The molecule has 7 heteroatoms. The number of carbonyl (C=O) groups is 1. The number of nitrogens with zero attached hydrogens (tertiary/aromatic N) is 3. The number of hydrogen-bond acceptors (Lipinski definition) is 6. The highest BCUT2D eigenvalue weighted by molar-refractivity contribution is 5.68. The summed E-state index contributed by atoms with van der Waals surface area (Å²) in [6.07, 6.45) is 0.899. The molecule has 0 saturated heterocycles. The fourth-order valence-corrected chi connectivity index (χ4v) is 2.16. The predicted octanol–water partition coefficient (Wildman–Crippen LogP) is 0.977. The minimum atomic E-state index is -0.500. The van der Waals surface area contributed by atoms with Crippen molar-refractivity contribution in [1.82, 2.24) is 14.9 Å². The van der Waals surface area contributed by atoms with E-state index < -0.39 is 5.60 Å². The molecule has 20 heavy (non-hydrogen) atoms. The molecule has 0 radical (unpaired) electrons. The van der Waals surface area contributed by atoms with E-state index in [4.69, 9.17) is 16.2 Å². The molecule has 0 saturated carbocycles. The normalized spacial score (nSPS) is 15.4. The third kappa shape index (κ3) is 3.28. The number of nitrogens with two attached hydrogens (primary N) is 2. The van der Waals surface area contributed by atoms with E-state index in [2.05, 4.69) is 9.97 Å². The van der Waals surface area contributed by atoms with Gasteiger partial charge in [-0.3, -0.25) is 0 Å². The quantitative estimate of drug-likeness (QED) is 0.733. The van der Waals surface area contributed by atoms with E-state index in [1.54, 1.807) is 4.90 Å². The maximum Gasteiger partial charge on any atom is 0.410 e. The zero-order valence-corrected chi connectivity index (χ0v) is 12.1. The highest BCUT2D eigenvalue weighted by Crippen LogP contribution is 2.21. The van der Waals surface area contributed by atoms with E-state index >= 15 is 0 Å². The van der Waals surface area contributed by atoms with Gasteiger partial charge in [0.1, 0.15) is 11.4 Å². The standard InChI is InChI=1S/C13H21N5O2/c1-13(2,3)20-12(19)18-6-4-8-9(5-7-18)16-11(15)17-10(8)14/h4-7H2,1-3H3,(H4,14,15,16,17). The van der Waals surface area contributed by atoms with Crippen LogP contribution in [0.5, 0.6) is 0 Å². The van der Waals surface area contributed by atoms with Gasteiger partial charge in [-0.15, -0.1) is 0 Å². The molecule has 0 spiro atoms. The first-order valence-electron chi connectivity index (χ1n) is 6.65. The first kappa shape index (κ1) is 14.4. The van der Waals surface area contributed by atoms with Gasteiger partial charge in [-0.2, -0.15) is 4.98 Å². The summed E-state index contributed by atoms with van der Waals surface area (Å²) in [5.74, 6) is 0.575. The van der Waals surface area contributed by atoms with Crippen molar-refractivity contribution >= 4 is 17.9 Å². The van der Waals surface area contributed by atoms with E-state index in [1.165, 1.54) is 0 Å². The average molecular weight is 279 g/mol. The van der Waals surface area contributed by atoms with Crippen molar-refractivity contribution < 1.29 is 9.53 Å². The zero-order chi connectivity index (χ0) is 14.9. The van der Waals surface area contributed by atoms with Crippen LogP contribution < -0.4 is 11.5 Å². The molecule has 1 aromatic rings. The summed E-state index contributed by atoms with van der Waals surface area (Å²) >= 11 is 0. The molecule has 2 heterocycles. The van der Waals surface area contributed by atoms with E-state index in [0.29, 0.717) is 31.7 Å². The minimum absolute atomic E-state index is 0.173. The second kappa shape index (κ2) is 5.15. The molecule has 0 bridgehead atoms. The number of hydrogen-bond donors (Lipinski definition) is 2. The molecule has 0 aliphatic carbocycles. The summed E-state index contributed by atoms with van der Waals surface area (Å²) < 4.78 is 5.38. The molecule has 1 amide bonds. The first-order chi connectivity index (χ1) is 9.26. The largest absolute Gasteiger partial charge is 0.444 e. The van der Waals surface area contributed by atoms with Crippen LogP contribution in [0.2, 0.25) is 0 Å². The SMILES string of the molecule is CC(C)(C)OC(=O)N1CCc2nc(N)nc(N)c2CC1. The van der Waals surface area contributed by atoms with Gasteiger partial charge in [0.25, 0.3) is 0 Å². The maximum atomic E-state index is 12.1. The van der Waals surface area contributed by atoms with Crippen molar-refractivity contribution in [2.24, 2.45) is 0 Å². The van der Waals surface area contributed by atoms with Gasteiger partial charge in [0.05, 0.1) is 5.69 Å². The highest BCUT2D eigenvalue weighted by atomic mass is 16.6. The Balaban J connectivity index is 2.12. The zero-order valence-electron chi connectivity index (χ0n) is 12.1. The molecular weight excluding hydrogens is 258 g/mol. The lowest BCUT2D eigenvalue weighted by Gasteiger charge is -2.26. The van der Waals surface area contributed by atoms with Crippen molar-refractivity contribution in [1.29, 1.82) is 0 Å². The summed E-state index contributed by atoms with van der Waals surface area (Å²) in [6, 6.07) is 0. The summed E-state index contributed by atoms with van der Waals surface area (Å²) in [4.78, 5) is 21.9. The van der Waals surface area contributed by atoms with Gasteiger partial charge in [-0.05, 0) is 27.2 Å². The molecule has 0 unspecified atom stereocenters. The van der Waals surface area contributed by atoms with Crippen LogP contribution in [0.3, 0.4) is 0 Å². The Hall–Kier alpha value is -2.05. The van der Waals surface area contributed by atoms with Crippen LogP contribution in [0.25, 0.3) is 0 Å². The topological polar surface area (TPSA) is 107 Å². The van der Waals surface area contributed by atoms with Crippen LogP contribution in [-0.2, 0) is 17.6 Å². The monoisotopic (exact) mass is 279 g/mol. The summed E-state index contributed by atoms with van der Waals surface area (Å²) in [5, 5.41) is 0. The van der Waals surface area contributed by atoms with Crippen molar-refractivity contribution in [3.63, 3.8) is 0 Å². The molecule has 0 atom stereocenters. The van der Waals surface area contributed by atoms with E-state index in [1.807, 2.05) is 20.8 Å². The van der Waals surface area contributed by atoms with Gasteiger partial charge in [-0.25, -0.2) is 9.78 Å². The Bertz CT molecular complexity index is 524. The van der Waals surface area contributed by atoms with Gasteiger partial charge >= 0.3 is 6.09 Å². The van der Waals surface area contributed by atoms with Gasteiger partial charge in [0.2, 0.25) is 5.95 Å². The van der Waals surface area contributed by atoms with Crippen LogP contribution in [0.4, 0.5) is 16.6 Å². The molecule has 7 nitrogen and oxygen atoms in total. The number of ether oxygens (including phenoxy) is 1. The molecule has 1 aliphatic rings. The molecule has 2 rings (SSSR count). The first-order valence-corrected chi connectivity index (χ1v) is 6.65. The van der Waals surface area contributed by atoms with Gasteiger partial charge in [0, 0.05) is 25.1 Å². The maximum absolute atomic E-state index is 12.1. The van der Waals surface area contributed by atoms with Crippen LogP contribution in [0.1, 0.15) is 32.0 Å². The average Bonchev–Trinajstić information content (AvgIpc) is 2.49. The third-order valence-corrected chi connectivity index (χ3v) is 3.04. The van der Waals surface area contributed by atoms with Gasteiger partial charge < -0.3 is 21.1 Å². The van der Waals surface area contributed by atoms with E-state index in [0.717, 1.165) is 11.3 Å². The number of aromatic nitrogens is 2. The summed E-state index contributed by atoms with van der Waals surface area (Å²) in [5.41, 5.74) is 12.7. The molecule has 4 N–H and O–H groups in total. The number of carbonyl (C=O) groups excluding carboxylic acids is 1. The van der Waals surface area contributed by atoms with Crippen LogP contribution in [0.15, 0.2) is 0 Å². The lowest BCUT2D eigenvalue weighted by molar-refractivity contribution is 0.0258. The molecule has 1 aromatic heterocycles. The third-order valence-electron chi connectivity index (χ3n) is 3.04. The van der Waals surface area contributed by atoms with Gasteiger partial charge in [-0.1, -0.05) is 0 Å². The van der Waals surface area contributed by atoms with Crippen LogP contribution in [-0.4, -0.2) is 39.7 Å². The van der Waals surface area contributed by atoms with Crippen LogP contribution >= 0.6 is 0 Å². The lowest BCUT2D eigenvalue weighted by atomic mass is 10.1. The Kier molecular flexibility index (Phi) is 3.69. The predicted molar refractivity (Wildman–Crippen MR) is 76.1 cm³/mol. The fraction of sp³-hybridized carbons (Fsp3) is 0.615. The molecular formula is C13H21N5O2. The number of anilines is 2. The fourth-order valence-electron chi connectivity index (χ4n) is 2.16. The Morgan fingerprint density at radius 3 is 2.50 bits per heavy atom. The minimum Gasteiger partial charge on any atom is -0.444 e. The number of nitrogen functional groups attached to an aromatic ring is 2. The Morgan fingerprint density at radius 1 is 1.20 bits per heavy atom. The van der Waals surface area contributed by atoms with E-state index in [9.17, 15) is 4.79 Å². The van der Waals surface area contributed by atoms with Crippen molar-refractivity contribution in [2.75, 3.05) is 24.6 Å². The summed E-state index contributed by atoms with van der Waals surface area (Å²) in [6.45, 7) is 6.63. The smallest absolute Gasteiger partial charge is 0.410 e. The number of amides is 1. The van der Waals surface area contributed by atoms with Crippen molar-refractivity contribution in [3.05, 3.63) is 11.3 Å².